The molecule has 1 aromatic rings. The van der Waals surface area contributed by atoms with Crippen molar-refractivity contribution in [2.45, 2.75) is 13.0 Å². The number of rotatable bonds is 2. The summed E-state index contributed by atoms with van der Waals surface area (Å²) < 4.78 is 0. The Balaban J connectivity index is 2.23. The molecule has 0 radical (unpaired) electrons. The van der Waals surface area contributed by atoms with Crippen molar-refractivity contribution in [2.24, 2.45) is 0 Å². The molecular formula is C10H13ClN4O2. The Bertz CT molecular complexity index is 440. The molecule has 0 amide bonds. The van der Waals surface area contributed by atoms with Gasteiger partial charge in [-0.25, -0.2) is 4.98 Å². The van der Waals surface area contributed by atoms with E-state index in [1.807, 2.05) is 4.90 Å². The number of nitro groups is 1. The summed E-state index contributed by atoms with van der Waals surface area (Å²) in [6, 6.07) is 1.70. The predicted molar refractivity (Wildman–Crippen MR) is 65.6 cm³/mol. The van der Waals surface area contributed by atoms with Crippen molar-refractivity contribution in [1.29, 1.82) is 0 Å². The normalized spacial score (nSPS) is 20.4. The van der Waals surface area contributed by atoms with Gasteiger partial charge >= 0.3 is 0 Å². The molecule has 0 bridgehead atoms. The summed E-state index contributed by atoms with van der Waals surface area (Å²) in [5.74, 6) is 0.616. The molecule has 1 atom stereocenters. The SMILES string of the molecule is CC1CN(c2ncc([N+](=O)[O-])cc2Cl)CCN1. The van der Waals surface area contributed by atoms with E-state index in [1.165, 1.54) is 12.3 Å². The highest BCUT2D eigenvalue weighted by Crippen LogP contribution is 2.27. The fraction of sp³-hybridized carbons (Fsp3) is 0.500. The summed E-state index contributed by atoms with van der Waals surface area (Å²) in [5, 5.41) is 14.2. The van der Waals surface area contributed by atoms with Crippen LogP contribution < -0.4 is 10.2 Å². The average molecular weight is 257 g/mol. The van der Waals surface area contributed by atoms with Gasteiger partial charge in [0.1, 0.15) is 12.0 Å². The molecule has 1 aromatic heterocycles. The smallest absolute Gasteiger partial charge is 0.289 e. The molecule has 1 saturated heterocycles. The second-order valence-electron chi connectivity index (χ2n) is 4.06. The standard InChI is InChI=1S/C10H13ClN4O2/c1-7-6-14(3-2-12-7)10-9(11)4-8(5-13-10)15(16)17/h4-5,7,12H,2-3,6H2,1H3. The molecule has 1 fully saturated rings. The van der Waals surface area contributed by atoms with E-state index in [4.69, 9.17) is 11.6 Å². The van der Waals surface area contributed by atoms with Crippen LogP contribution in [0.3, 0.4) is 0 Å². The van der Waals surface area contributed by atoms with Gasteiger partial charge < -0.3 is 10.2 Å². The highest BCUT2D eigenvalue weighted by molar-refractivity contribution is 6.33. The molecule has 1 N–H and O–H groups in total. The van der Waals surface area contributed by atoms with E-state index in [0.717, 1.165) is 19.6 Å². The maximum absolute atomic E-state index is 10.6. The van der Waals surface area contributed by atoms with Gasteiger partial charge in [-0.2, -0.15) is 0 Å². The topological polar surface area (TPSA) is 71.3 Å². The van der Waals surface area contributed by atoms with E-state index in [2.05, 4.69) is 17.2 Å². The van der Waals surface area contributed by atoms with Gasteiger partial charge in [0, 0.05) is 31.7 Å². The van der Waals surface area contributed by atoms with Crippen molar-refractivity contribution in [1.82, 2.24) is 10.3 Å². The van der Waals surface area contributed by atoms with Crippen LogP contribution in [0.15, 0.2) is 12.3 Å². The van der Waals surface area contributed by atoms with Crippen LogP contribution >= 0.6 is 11.6 Å². The lowest BCUT2D eigenvalue weighted by atomic mass is 10.2. The Hall–Kier alpha value is -1.40. The average Bonchev–Trinajstić information content (AvgIpc) is 2.28. The molecule has 2 heterocycles. The second-order valence-corrected chi connectivity index (χ2v) is 4.46. The minimum Gasteiger partial charge on any atom is -0.353 e. The molecule has 1 aliphatic rings. The van der Waals surface area contributed by atoms with E-state index in [9.17, 15) is 10.1 Å². The van der Waals surface area contributed by atoms with Crippen molar-refractivity contribution in [3.63, 3.8) is 0 Å². The number of nitrogens with one attached hydrogen (secondary N) is 1. The molecule has 17 heavy (non-hydrogen) atoms. The third kappa shape index (κ3) is 2.65. The van der Waals surface area contributed by atoms with E-state index < -0.39 is 4.92 Å². The van der Waals surface area contributed by atoms with Crippen LogP contribution in [0.25, 0.3) is 0 Å². The van der Waals surface area contributed by atoms with Gasteiger partial charge in [0.25, 0.3) is 5.69 Å². The van der Waals surface area contributed by atoms with Crippen molar-refractivity contribution in [3.05, 3.63) is 27.4 Å². The quantitative estimate of drug-likeness (QED) is 0.640. The molecule has 1 unspecified atom stereocenters. The highest BCUT2D eigenvalue weighted by atomic mass is 35.5. The van der Waals surface area contributed by atoms with Crippen LogP contribution in [-0.2, 0) is 0 Å². The summed E-state index contributed by atoms with van der Waals surface area (Å²) in [5.41, 5.74) is -0.0815. The first kappa shape index (κ1) is 12.1. The lowest BCUT2D eigenvalue weighted by molar-refractivity contribution is -0.385. The zero-order chi connectivity index (χ0) is 12.4. The molecule has 0 aromatic carbocycles. The van der Waals surface area contributed by atoms with Crippen LogP contribution in [-0.4, -0.2) is 35.6 Å². The maximum atomic E-state index is 10.6. The van der Waals surface area contributed by atoms with Gasteiger partial charge in [0.15, 0.2) is 0 Å². The molecule has 92 valence electrons. The van der Waals surface area contributed by atoms with Crippen LogP contribution in [0.4, 0.5) is 11.5 Å². The number of hydrogen-bond donors (Lipinski definition) is 1. The number of anilines is 1. The summed E-state index contributed by atoms with van der Waals surface area (Å²) in [7, 11) is 0. The molecular weight excluding hydrogens is 244 g/mol. The third-order valence-electron chi connectivity index (χ3n) is 2.69. The lowest BCUT2D eigenvalue weighted by Gasteiger charge is -2.33. The van der Waals surface area contributed by atoms with E-state index in [0.29, 0.717) is 16.9 Å². The molecule has 6 nitrogen and oxygen atoms in total. The summed E-state index contributed by atoms with van der Waals surface area (Å²) in [6.45, 7) is 4.53. The number of halogens is 1. The van der Waals surface area contributed by atoms with E-state index in [-0.39, 0.29) is 5.69 Å². The first-order valence-electron chi connectivity index (χ1n) is 5.36. The molecule has 1 aliphatic heterocycles. The Morgan fingerprint density at radius 2 is 2.47 bits per heavy atom. The van der Waals surface area contributed by atoms with Gasteiger partial charge in [0.2, 0.25) is 0 Å². The van der Waals surface area contributed by atoms with Gasteiger partial charge in [-0.3, -0.25) is 10.1 Å². The minimum absolute atomic E-state index is 0.0815. The highest BCUT2D eigenvalue weighted by Gasteiger charge is 2.20. The lowest BCUT2D eigenvalue weighted by Crippen LogP contribution is -2.49. The second kappa shape index (κ2) is 4.85. The molecule has 0 saturated carbocycles. The van der Waals surface area contributed by atoms with Crippen molar-refractivity contribution in [3.8, 4) is 0 Å². The third-order valence-corrected chi connectivity index (χ3v) is 2.96. The predicted octanol–water partition coefficient (Wildman–Crippen LogP) is 1.44. The fourth-order valence-electron chi connectivity index (χ4n) is 1.88. The van der Waals surface area contributed by atoms with Gasteiger partial charge in [-0.1, -0.05) is 11.6 Å². The summed E-state index contributed by atoms with van der Waals surface area (Å²) >= 11 is 6.03. The van der Waals surface area contributed by atoms with Crippen LogP contribution in [0.2, 0.25) is 5.02 Å². The zero-order valence-electron chi connectivity index (χ0n) is 9.39. The zero-order valence-corrected chi connectivity index (χ0v) is 10.1. The molecule has 7 heteroatoms. The first-order chi connectivity index (χ1) is 8.08. The summed E-state index contributed by atoms with van der Waals surface area (Å²) in [6.07, 6.45) is 1.24. The number of hydrogen-bond acceptors (Lipinski definition) is 5. The number of aromatic nitrogens is 1. The number of pyridine rings is 1. The van der Waals surface area contributed by atoms with E-state index in [1.54, 1.807) is 0 Å². The Morgan fingerprint density at radius 1 is 1.71 bits per heavy atom. The molecule has 0 aliphatic carbocycles. The Kier molecular flexibility index (Phi) is 3.44. The maximum Gasteiger partial charge on any atom is 0.289 e. The molecule has 2 rings (SSSR count). The Labute approximate surface area is 104 Å². The van der Waals surface area contributed by atoms with Gasteiger partial charge in [-0.05, 0) is 6.92 Å². The number of nitrogens with zero attached hydrogens (tertiary/aromatic N) is 3. The van der Waals surface area contributed by atoms with Gasteiger partial charge in [0.05, 0.1) is 9.95 Å². The van der Waals surface area contributed by atoms with E-state index >= 15 is 0 Å². The van der Waals surface area contributed by atoms with Crippen LogP contribution in [0, 0.1) is 10.1 Å². The van der Waals surface area contributed by atoms with Crippen LogP contribution in [0.5, 0.6) is 0 Å². The largest absolute Gasteiger partial charge is 0.353 e. The molecule has 0 spiro atoms. The number of piperazine rings is 1. The summed E-state index contributed by atoms with van der Waals surface area (Å²) in [4.78, 5) is 16.2. The van der Waals surface area contributed by atoms with Gasteiger partial charge in [-0.15, -0.1) is 0 Å². The van der Waals surface area contributed by atoms with Crippen molar-refractivity contribution in [2.75, 3.05) is 24.5 Å². The van der Waals surface area contributed by atoms with Crippen LogP contribution in [0.1, 0.15) is 6.92 Å². The Morgan fingerprint density at radius 3 is 3.06 bits per heavy atom. The monoisotopic (exact) mass is 256 g/mol. The van der Waals surface area contributed by atoms with Crippen molar-refractivity contribution < 1.29 is 4.92 Å². The minimum atomic E-state index is -0.497. The first-order valence-corrected chi connectivity index (χ1v) is 5.74. The fourth-order valence-corrected chi connectivity index (χ4v) is 2.16. The van der Waals surface area contributed by atoms with Crippen molar-refractivity contribution >= 4 is 23.1 Å².